The minimum absolute atomic E-state index is 0.201. The minimum Gasteiger partial charge on any atom is -0.487 e. The summed E-state index contributed by atoms with van der Waals surface area (Å²) in [4.78, 5) is 0. The standard InChI is InChI=1S/C16H23NO3S/c1-16(2)9-14(13-5-3-4-6-15(13)20-16)17-10-12-7-8-21(18,19)11-12/h3-6,12,14,17H,7-11H2,1-2H3. The van der Waals surface area contributed by atoms with E-state index < -0.39 is 9.84 Å². The summed E-state index contributed by atoms with van der Waals surface area (Å²) in [7, 11) is -2.80. The molecule has 3 rings (SSSR count). The number of rotatable bonds is 3. The van der Waals surface area contributed by atoms with E-state index in [2.05, 4.69) is 25.2 Å². The van der Waals surface area contributed by atoms with E-state index >= 15 is 0 Å². The SMILES string of the molecule is CC1(C)CC(NCC2CCS(=O)(=O)C2)c2ccccc2O1. The second-order valence-corrected chi connectivity index (χ2v) is 9.06. The van der Waals surface area contributed by atoms with Gasteiger partial charge in [0.1, 0.15) is 11.4 Å². The summed E-state index contributed by atoms with van der Waals surface area (Å²) < 4.78 is 29.1. The number of ether oxygens (including phenoxy) is 1. The third kappa shape index (κ3) is 3.40. The molecule has 2 heterocycles. The number of fused-ring (bicyclic) bond motifs is 1. The van der Waals surface area contributed by atoms with Gasteiger partial charge in [0.15, 0.2) is 9.84 Å². The van der Waals surface area contributed by atoms with Gasteiger partial charge in [0.25, 0.3) is 0 Å². The first-order valence-electron chi connectivity index (χ1n) is 7.56. The van der Waals surface area contributed by atoms with Crippen LogP contribution >= 0.6 is 0 Å². The number of benzene rings is 1. The van der Waals surface area contributed by atoms with Crippen LogP contribution in [0.25, 0.3) is 0 Å². The smallest absolute Gasteiger partial charge is 0.150 e. The van der Waals surface area contributed by atoms with Crippen molar-refractivity contribution in [1.82, 2.24) is 5.32 Å². The second-order valence-electron chi connectivity index (χ2n) is 6.83. The highest BCUT2D eigenvalue weighted by Gasteiger charge is 2.34. The molecule has 0 radical (unpaired) electrons. The Balaban J connectivity index is 1.70. The van der Waals surface area contributed by atoms with E-state index in [4.69, 9.17) is 4.74 Å². The summed E-state index contributed by atoms with van der Waals surface area (Å²) in [6.45, 7) is 4.95. The zero-order valence-electron chi connectivity index (χ0n) is 12.6. The van der Waals surface area contributed by atoms with Crippen LogP contribution in [0.1, 0.15) is 38.3 Å². The highest BCUT2D eigenvalue weighted by atomic mass is 32.2. The van der Waals surface area contributed by atoms with E-state index in [9.17, 15) is 8.42 Å². The van der Waals surface area contributed by atoms with Gasteiger partial charge in [-0.1, -0.05) is 18.2 Å². The maximum Gasteiger partial charge on any atom is 0.150 e. The molecule has 1 saturated heterocycles. The van der Waals surface area contributed by atoms with Crippen LogP contribution in [0, 0.1) is 5.92 Å². The summed E-state index contributed by atoms with van der Waals surface area (Å²) in [5.41, 5.74) is 0.978. The molecule has 0 aliphatic carbocycles. The van der Waals surface area contributed by atoms with Crippen LogP contribution in [0.15, 0.2) is 24.3 Å². The van der Waals surface area contributed by atoms with E-state index in [1.807, 2.05) is 18.2 Å². The van der Waals surface area contributed by atoms with Gasteiger partial charge in [-0.05, 0) is 38.8 Å². The fourth-order valence-electron chi connectivity index (χ4n) is 3.33. The van der Waals surface area contributed by atoms with Crippen LogP contribution in [0.4, 0.5) is 0 Å². The number of sulfone groups is 1. The first kappa shape index (κ1) is 14.9. The third-order valence-electron chi connectivity index (χ3n) is 4.36. The third-order valence-corrected chi connectivity index (χ3v) is 6.19. The van der Waals surface area contributed by atoms with Crippen molar-refractivity contribution in [2.75, 3.05) is 18.1 Å². The lowest BCUT2D eigenvalue weighted by Crippen LogP contribution is -2.40. The van der Waals surface area contributed by atoms with Gasteiger partial charge in [-0.2, -0.15) is 0 Å². The summed E-state index contributed by atoms with van der Waals surface area (Å²) in [6.07, 6.45) is 1.67. The number of para-hydroxylation sites is 1. The molecule has 21 heavy (non-hydrogen) atoms. The van der Waals surface area contributed by atoms with Gasteiger partial charge in [-0.15, -0.1) is 0 Å². The molecule has 1 fully saturated rings. The van der Waals surface area contributed by atoms with Crippen LogP contribution in [0.2, 0.25) is 0 Å². The van der Waals surface area contributed by atoms with E-state index in [1.165, 1.54) is 5.56 Å². The Morgan fingerprint density at radius 2 is 2.10 bits per heavy atom. The maximum absolute atomic E-state index is 11.5. The van der Waals surface area contributed by atoms with Crippen molar-refractivity contribution in [3.63, 3.8) is 0 Å². The monoisotopic (exact) mass is 309 g/mol. The van der Waals surface area contributed by atoms with Gasteiger partial charge < -0.3 is 10.1 Å². The first-order chi connectivity index (χ1) is 9.85. The Morgan fingerprint density at radius 3 is 2.81 bits per heavy atom. The van der Waals surface area contributed by atoms with Gasteiger partial charge in [0.05, 0.1) is 11.5 Å². The Hall–Kier alpha value is -1.07. The molecule has 2 aliphatic rings. The topological polar surface area (TPSA) is 55.4 Å². The molecule has 0 amide bonds. The molecule has 1 N–H and O–H groups in total. The van der Waals surface area contributed by atoms with Gasteiger partial charge in [-0.25, -0.2) is 8.42 Å². The summed E-state index contributed by atoms with van der Waals surface area (Å²) in [5, 5.41) is 3.57. The Kier molecular flexibility index (Phi) is 3.74. The van der Waals surface area contributed by atoms with Gasteiger partial charge in [-0.3, -0.25) is 0 Å². The predicted molar refractivity (Wildman–Crippen MR) is 83.3 cm³/mol. The fraction of sp³-hybridized carbons (Fsp3) is 0.625. The normalized spacial score (nSPS) is 29.6. The van der Waals surface area contributed by atoms with Crippen molar-refractivity contribution < 1.29 is 13.2 Å². The zero-order chi connectivity index (χ0) is 15.1. The first-order valence-corrected chi connectivity index (χ1v) is 9.39. The number of nitrogens with one attached hydrogen (secondary N) is 1. The van der Waals surface area contributed by atoms with Crippen molar-refractivity contribution in [3.05, 3.63) is 29.8 Å². The van der Waals surface area contributed by atoms with E-state index in [0.29, 0.717) is 11.5 Å². The maximum atomic E-state index is 11.5. The number of hydrogen-bond donors (Lipinski definition) is 1. The average Bonchev–Trinajstić information content (AvgIpc) is 2.74. The molecule has 0 bridgehead atoms. The van der Waals surface area contributed by atoms with Crippen LogP contribution < -0.4 is 10.1 Å². The molecule has 1 aromatic rings. The highest BCUT2D eigenvalue weighted by Crippen LogP contribution is 2.39. The predicted octanol–water partition coefficient (Wildman–Crippen LogP) is 2.31. The molecule has 2 atom stereocenters. The molecule has 2 aliphatic heterocycles. The van der Waals surface area contributed by atoms with Gasteiger partial charge in [0.2, 0.25) is 0 Å². The van der Waals surface area contributed by atoms with Crippen molar-refractivity contribution in [2.24, 2.45) is 5.92 Å². The van der Waals surface area contributed by atoms with Crippen LogP contribution in [-0.2, 0) is 9.84 Å². The molecule has 0 spiro atoms. The lowest BCUT2D eigenvalue weighted by atomic mass is 9.89. The minimum atomic E-state index is -2.80. The Labute approximate surface area is 126 Å². The van der Waals surface area contributed by atoms with Gasteiger partial charge in [0, 0.05) is 18.0 Å². The van der Waals surface area contributed by atoms with Crippen LogP contribution in [0.5, 0.6) is 5.75 Å². The fourth-order valence-corrected chi connectivity index (χ4v) is 5.19. The zero-order valence-corrected chi connectivity index (χ0v) is 13.4. The number of hydrogen-bond acceptors (Lipinski definition) is 4. The van der Waals surface area contributed by atoms with E-state index in [-0.39, 0.29) is 17.6 Å². The van der Waals surface area contributed by atoms with Crippen molar-refractivity contribution in [2.45, 2.75) is 38.3 Å². The van der Waals surface area contributed by atoms with Crippen LogP contribution in [-0.4, -0.2) is 32.1 Å². The van der Waals surface area contributed by atoms with Crippen LogP contribution in [0.3, 0.4) is 0 Å². The summed E-state index contributed by atoms with van der Waals surface area (Å²) in [5.74, 6) is 1.85. The molecule has 1 aromatic carbocycles. The van der Waals surface area contributed by atoms with Crippen molar-refractivity contribution >= 4 is 9.84 Å². The van der Waals surface area contributed by atoms with E-state index in [1.54, 1.807) is 0 Å². The quantitative estimate of drug-likeness (QED) is 0.931. The molecule has 116 valence electrons. The molecule has 0 aromatic heterocycles. The molecule has 5 heteroatoms. The van der Waals surface area contributed by atoms with Gasteiger partial charge >= 0.3 is 0 Å². The second kappa shape index (κ2) is 5.29. The summed E-state index contributed by atoms with van der Waals surface area (Å²) >= 11 is 0. The largest absolute Gasteiger partial charge is 0.487 e. The Bertz CT molecular complexity index is 624. The summed E-state index contributed by atoms with van der Waals surface area (Å²) in [6, 6.07) is 8.34. The van der Waals surface area contributed by atoms with Crippen molar-refractivity contribution in [3.8, 4) is 5.75 Å². The molecule has 4 nitrogen and oxygen atoms in total. The average molecular weight is 309 g/mol. The lowest BCUT2D eigenvalue weighted by Gasteiger charge is -2.38. The Morgan fingerprint density at radius 1 is 1.33 bits per heavy atom. The molecule has 0 saturated carbocycles. The molecular formula is C16H23NO3S. The highest BCUT2D eigenvalue weighted by molar-refractivity contribution is 7.91. The van der Waals surface area contributed by atoms with E-state index in [0.717, 1.165) is 25.1 Å². The lowest BCUT2D eigenvalue weighted by molar-refractivity contribution is 0.0654. The molecule has 2 unspecified atom stereocenters. The van der Waals surface area contributed by atoms with Crippen molar-refractivity contribution in [1.29, 1.82) is 0 Å². The molecular weight excluding hydrogens is 286 g/mol.